The SMILES string of the molecule is C#Cc1ccc(N(Cc2cccc(OC)c2C)C(=O)c2cc(-c3cc(C(F)F)c(Cl)cc3C(=O)N3Cc4ccccc4C[C@H]3CN3CCOCC3)n(C)c2C)cc1. The van der Waals surface area contributed by atoms with Gasteiger partial charge in [-0.1, -0.05) is 53.9 Å². The fraction of sp³-hybridized carbons (Fsp3) is 0.304. The second-order valence-corrected chi connectivity index (χ2v) is 15.0. The molecule has 7 rings (SSSR count). The number of amides is 2. The van der Waals surface area contributed by atoms with Gasteiger partial charge < -0.3 is 23.8 Å². The molecule has 1 fully saturated rings. The van der Waals surface area contributed by atoms with Gasteiger partial charge in [-0.15, -0.1) is 6.42 Å². The van der Waals surface area contributed by atoms with Crippen LogP contribution in [0.2, 0.25) is 5.02 Å². The number of carbonyl (C=O) groups is 2. The Kier molecular flexibility index (Phi) is 11.8. The van der Waals surface area contributed by atoms with Gasteiger partial charge in [-0.3, -0.25) is 14.5 Å². The van der Waals surface area contributed by atoms with Crippen molar-refractivity contribution in [3.63, 3.8) is 0 Å². The highest BCUT2D eigenvalue weighted by molar-refractivity contribution is 6.32. The van der Waals surface area contributed by atoms with Crippen LogP contribution < -0.4 is 9.64 Å². The Labute approximate surface area is 337 Å². The molecule has 0 unspecified atom stereocenters. The Bertz CT molecular complexity index is 2350. The second-order valence-electron chi connectivity index (χ2n) is 14.6. The molecule has 0 radical (unpaired) electrons. The van der Waals surface area contributed by atoms with E-state index in [4.69, 9.17) is 27.5 Å². The van der Waals surface area contributed by atoms with E-state index in [9.17, 15) is 18.4 Å². The molecule has 0 aliphatic carbocycles. The van der Waals surface area contributed by atoms with Crippen LogP contribution in [0, 0.1) is 26.2 Å². The predicted octanol–water partition coefficient (Wildman–Crippen LogP) is 8.64. The fourth-order valence-electron chi connectivity index (χ4n) is 7.93. The zero-order valence-corrected chi connectivity index (χ0v) is 33.3. The van der Waals surface area contributed by atoms with Crippen molar-refractivity contribution in [2.45, 2.75) is 45.8 Å². The van der Waals surface area contributed by atoms with Gasteiger partial charge in [0, 0.05) is 73.0 Å². The minimum Gasteiger partial charge on any atom is -0.496 e. The van der Waals surface area contributed by atoms with Gasteiger partial charge in [-0.25, -0.2) is 8.78 Å². The molecule has 294 valence electrons. The van der Waals surface area contributed by atoms with Gasteiger partial charge in [0.25, 0.3) is 18.2 Å². The van der Waals surface area contributed by atoms with E-state index in [1.165, 1.54) is 17.7 Å². The second kappa shape index (κ2) is 16.9. The van der Waals surface area contributed by atoms with Crippen LogP contribution in [-0.4, -0.2) is 72.2 Å². The quantitative estimate of drug-likeness (QED) is 0.133. The van der Waals surface area contributed by atoms with Crippen LogP contribution in [0.4, 0.5) is 14.5 Å². The third kappa shape index (κ3) is 8.06. The van der Waals surface area contributed by atoms with Gasteiger partial charge in [0.05, 0.1) is 43.0 Å². The van der Waals surface area contributed by atoms with Crippen molar-refractivity contribution in [2.75, 3.05) is 44.9 Å². The molecule has 3 heterocycles. The smallest absolute Gasteiger partial charge is 0.265 e. The molecule has 5 aromatic rings. The number of terminal acetylenes is 1. The van der Waals surface area contributed by atoms with Crippen molar-refractivity contribution < 1.29 is 27.8 Å². The minimum absolute atomic E-state index is 0.184. The lowest BCUT2D eigenvalue weighted by molar-refractivity contribution is 0.0193. The summed E-state index contributed by atoms with van der Waals surface area (Å²) in [5.74, 6) is 2.67. The van der Waals surface area contributed by atoms with Crippen molar-refractivity contribution in [3.8, 4) is 29.4 Å². The largest absolute Gasteiger partial charge is 0.496 e. The van der Waals surface area contributed by atoms with Gasteiger partial charge in [-0.2, -0.15) is 0 Å². The average molecular weight is 791 g/mol. The van der Waals surface area contributed by atoms with Gasteiger partial charge in [0.15, 0.2) is 0 Å². The monoisotopic (exact) mass is 790 g/mol. The molecule has 1 saturated heterocycles. The summed E-state index contributed by atoms with van der Waals surface area (Å²) in [6.07, 6.45) is 3.40. The van der Waals surface area contributed by atoms with Crippen molar-refractivity contribution in [1.29, 1.82) is 0 Å². The maximum Gasteiger partial charge on any atom is 0.265 e. The first-order chi connectivity index (χ1) is 27.5. The molecule has 0 N–H and O–H groups in total. The summed E-state index contributed by atoms with van der Waals surface area (Å²) in [4.78, 5) is 35.6. The first-order valence-electron chi connectivity index (χ1n) is 19.0. The molecule has 0 bridgehead atoms. The number of halogens is 3. The molecule has 8 nitrogen and oxygen atoms in total. The van der Waals surface area contributed by atoms with E-state index in [1.54, 1.807) is 60.9 Å². The Morgan fingerprint density at radius 2 is 1.70 bits per heavy atom. The number of hydrogen-bond acceptors (Lipinski definition) is 5. The minimum atomic E-state index is -2.90. The molecule has 57 heavy (non-hydrogen) atoms. The number of fused-ring (bicyclic) bond motifs is 1. The molecule has 1 aromatic heterocycles. The number of ether oxygens (including phenoxy) is 2. The first-order valence-corrected chi connectivity index (χ1v) is 19.3. The number of anilines is 1. The highest BCUT2D eigenvalue weighted by Crippen LogP contribution is 2.39. The molecule has 2 aliphatic heterocycles. The van der Waals surface area contributed by atoms with E-state index in [0.717, 1.165) is 29.8 Å². The Hall–Kier alpha value is -5.47. The summed E-state index contributed by atoms with van der Waals surface area (Å²) in [5, 5.41) is -0.197. The molecule has 2 amide bonds. The number of benzene rings is 4. The normalized spacial score (nSPS) is 15.6. The zero-order chi connectivity index (χ0) is 40.4. The number of rotatable bonds is 10. The summed E-state index contributed by atoms with van der Waals surface area (Å²) >= 11 is 6.55. The lowest BCUT2D eigenvalue weighted by Crippen LogP contribution is -2.52. The Balaban J connectivity index is 1.32. The highest BCUT2D eigenvalue weighted by Gasteiger charge is 2.35. The molecule has 4 aromatic carbocycles. The molecule has 11 heteroatoms. The number of morpholine rings is 1. The Morgan fingerprint density at radius 1 is 0.982 bits per heavy atom. The maximum absolute atomic E-state index is 15.0. The molecule has 2 aliphatic rings. The summed E-state index contributed by atoms with van der Waals surface area (Å²) in [5.41, 5.74) is 6.67. The highest BCUT2D eigenvalue weighted by atomic mass is 35.5. The lowest BCUT2D eigenvalue weighted by Gasteiger charge is -2.40. The molecular weight excluding hydrogens is 746 g/mol. The van der Waals surface area contributed by atoms with Gasteiger partial charge in [0.2, 0.25) is 0 Å². The van der Waals surface area contributed by atoms with Crippen molar-refractivity contribution >= 4 is 29.1 Å². The van der Waals surface area contributed by atoms with Crippen LogP contribution in [-0.2, 0) is 31.3 Å². The van der Waals surface area contributed by atoms with E-state index >= 15 is 0 Å². The van der Waals surface area contributed by atoms with Crippen molar-refractivity contribution in [2.24, 2.45) is 7.05 Å². The third-order valence-electron chi connectivity index (χ3n) is 11.4. The van der Waals surface area contributed by atoms with Crippen molar-refractivity contribution in [3.05, 3.63) is 140 Å². The predicted molar refractivity (Wildman–Crippen MR) is 219 cm³/mol. The van der Waals surface area contributed by atoms with E-state index in [2.05, 4.69) is 16.9 Å². The van der Waals surface area contributed by atoms with Crippen LogP contribution in [0.3, 0.4) is 0 Å². The van der Waals surface area contributed by atoms with Gasteiger partial charge in [0.1, 0.15) is 5.75 Å². The summed E-state index contributed by atoms with van der Waals surface area (Å²) in [6.45, 7) is 7.68. The number of carbonyl (C=O) groups excluding carboxylic acids is 2. The summed E-state index contributed by atoms with van der Waals surface area (Å²) in [6, 6.07) is 25.1. The van der Waals surface area contributed by atoms with E-state index < -0.39 is 12.0 Å². The average Bonchev–Trinajstić information content (AvgIpc) is 3.52. The van der Waals surface area contributed by atoms with Gasteiger partial charge in [-0.05, 0) is 91.1 Å². The van der Waals surface area contributed by atoms with E-state index in [-0.39, 0.29) is 40.6 Å². The van der Waals surface area contributed by atoms with Crippen molar-refractivity contribution in [1.82, 2.24) is 14.4 Å². The fourth-order valence-corrected chi connectivity index (χ4v) is 8.18. The Morgan fingerprint density at radius 3 is 2.39 bits per heavy atom. The molecule has 0 spiro atoms. The first kappa shape index (κ1) is 39.8. The van der Waals surface area contributed by atoms with Crippen LogP contribution in [0.15, 0.2) is 84.9 Å². The van der Waals surface area contributed by atoms with Crippen LogP contribution in [0.25, 0.3) is 11.3 Å². The molecular formula is C46H45ClF2N4O4. The third-order valence-corrected chi connectivity index (χ3v) is 11.7. The number of nitrogens with zero attached hydrogens (tertiary/aromatic N) is 4. The number of aromatic nitrogens is 1. The van der Waals surface area contributed by atoms with E-state index in [0.29, 0.717) is 66.7 Å². The summed E-state index contributed by atoms with van der Waals surface area (Å²) in [7, 11) is 3.37. The van der Waals surface area contributed by atoms with E-state index in [1.807, 2.05) is 48.2 Å². The summed E-state index contributed by atoms with van der Waals surface area (Å²) < 4.78 is 42.1. The standard InChI is InChI=1S/C46H45ClF2N4O4/c1-6-31-14-16-35(17-15-31)52(26-33-12-9-13-43(56-5)29(33)2)45(54)37-25-42(50(4)30(37)3)38-23-40(44(48)49)41(47)24-39(38)46(55)53-27-34-11-8-7-10-32(34)22-36(53)28-51-18-20-57-21-19-51/h1,7-17,23-25,36,44H,18-22,26-28H2,2-5H3/t36-/m0/s1. The topological polar surface area (TPSA) is 67.2 Å². The lowest BCUT2D eigenvalue weighted by atomic mass is 9.91. The van der Waals surface area contributed by atoms with Crippen LogP contribution in [0.5, 0.6) is 5.75 Å². The number of alkyl halides is 2. The zero-order valence-electron chi connectivity index (χ0n) is 32.5. The van der Waals surface area contributed by atoms with Gasteiger partial charge >= 0.3 is 0 Å². The molecule has 0 saturated carbocycles. The number of methoxy groups -OCH3 is 1. The number of hydrogen-bond donors (Lipinski definition) is 0. The van der Waals surface area contributed by atoms with Crippen LogP contribution in [0.1, 0.15) is 66.2 Å². The van der Waals surface area contributed by atoms with Crippen LogP contribution >= 0.6 is 11.6 Å². The maximum atomic E-state index is 15.0. The molecule has 1 atom stereocenters.